The molecule has 2 aromatic rings. The molecule has 1 atom stereocenters. The molecule has 0 aliphatic carbocycles. The second-order valence-corrected chi connectivity index (χ2v) is 5.21. The fourth-order valence-corrected chi connectivity index (χ4v) is 2.11. The van der Waals surface area contributed by atoms with Gasteiger partial charge in [0.2, 0.25) is 0 Å². The van der Waals surface area contributed by atoms with Gasteiger partial charge in [-0.25, -0.2) is 4.98 Å². The lowest BCUT2D eigenvalue weighted by Crippen LogP contribution is -2.31. The van der Waals surface area contributed by atoms with E-state index in [1.807, 2.05) is 12.3 Å². The molecule has 0 saturated heterocycles. The number of nitrogens with one attached hydrogen (secondary N) is 1. The van der Waals surface area contributed by atoms with Crippen LogP contribution in [0.5, 0.6) is 0 Å². The van der Waals surface area contributed by atoms with Crippen LogP contribution in [0.3, 0.4) is 0 Å². The summed E-state index contributed by atoms with van der Waals surface area (Å²) in [6, 6.07) is 4.54. The van der Waals surface area contributed by atoms with Gasteiger partial charge in [0.25, 0.3) is 0 Å². The van der Waals surface area contributed by atoms with Crippen LogP contribution in [0.4, 0.5) is 0 Å². The lowest BCUT2D eigenvalue weighted by atomic mass is 10.1. The standard InChI is InChI=1S/C15H22N4/c1-11-6-5-7-16-14(11)8-12(2)19(4)9-15-13(3)17-10-18-15/h5-7,10,12H,8-9H2,1-4H3,(H,17,18)/t12-/m0/s1. The molecule has 0 aliphatic heterocycles. The summed E-state index contributed by atoms with van der Waals surface area (Å²) in [5.74, 6) is 0. The predicted molar refractivity (Wildman–Crippen MR) is 76.9 cm³/mol. The van der Waals surface area contributed by atoms with E-state index in [9.17, 15) is 0 Å². The van der Waals surface area contributed by atoms with Gasteiger partial charge >= 0.3 is 0 Å². The first-order chi connectivity index (χ1) is 9.08. The van der Waals surface area contributed by atoms with Gasteiger partial charge in [0.15, 0.2) is 0 Å². The third-order valence-corrected chi connectivity index (χ3v) is 3.69. The van der Waals surface area contributed by atoms with Crippen molar-refractivity contribution < 1.29 is 0 Å². The molecule has 0 fully saturated rings. The van der Waals surface area contributed by atoms with Gasteiger partial charge in [-0.15, -0.1) is 0 Å². The first kappa shape index (κ1) is 13.7. The molecule has 0 bridgehead atoms. The van der Waals surface area contributed by atoms with E-state index >= 15 is 0 Å². The number of aryl methyl sites for hydroxylation is 2. The summed E-state index contributed by atoms with van der Waals surface area (Å²) in [6.07, 6.45) is 4.59. The van der Waals surface area contributed by atoms with Gasteiger partial charge in [-0.3, -0.25) is 9.88 Å². The van der Waals surface area contributed by atoms with E-state index in [2.05, 4.69) is 53.7 Å². The molecule has 4 nitrogen and oxygen atoms in total. The molecule has 0 saturated carbocycles. The topological polar surface area (TPSA) is 44.8 Å². The van der Waals surface area contributed by atoms with Crippen molar-refractivity contribution in [2.45, 2.75) is 39.8 Å². The SMILES string of the molecule is Cc1cccnc1C[C@H](C)N(C)Cc1nc[nH]c1C. The Morgan fingerprint density at radius 1 is 1.26 bits per heavy atom. The van der Waals surface area contributed by atoms with Crippen LogP contribution in [0.15, 0.2) is 24.7 Å². The van der Waals surface area contributed by atoms with Crippen LogP contribution in [0.2, 0.25) is 0 Å². The highest BCUT2D eigenvalue weighted by Gasteiger charge is 2.14. The Kier molecular flexibility index (Phi) is 4.32. The maximum atomic E-state index is 4.47. The number of H-pyrrole nitrogens is 1. The zero-order valence-electron chi connectivity index (χ0n) is 12.1. The molecule has 0 amide bonds. The van der Waals surface area contributed by atoms with E-state index < -0.39 is 0 Å². The number of imidazole rings is 1. The van der Waals surface area contributed by atoms with Crippen LogP contribution in [-0.4, -0.2) is 32.9 Å². The number of pyridine rings is 1. The summed E-state index contributed by atoms with van der Waals surface area (Å²) in [5.41, 5.74) is 4.71. The van der Waals surface area contributed by atoms with Crippen molar-refractivity contribution in [2.75, 3.05) is 7.05 Å². The highest BCUT2D eigenvalue weighted by Crippen LogP contribution is 2.12. The summed E-state index contributed by atoms with van der Waals surface area (Å²) in [7, 11) is 2.14. The highest BCUT2D eigenvalue weighted by molar-refractivity contribution is 5.18. The molecule has 0 unspecified atom stereocenters. The van der Waals surface area contributed by atoms with E-state index in [4.69, 9.17) is 0 Å². The third kappa shape index (κ3) is 3.41. The highest BCUT2D eigenvalue weighted by atomic mass is 15.1. The fraction of sp³-hybridized carbons (Fsp3) is 0.467. The zero-order chi connectivity index (χ0) is 13.8. The second-order valence-electron chi connectivity index (χ2n) is 5.21. The summed E-state index contributed by atoms with van der Waals surface area (Å²) in [4.78, 5) is 14.3. The molecule has 1 N–H and O–H groups in total. The lowest BCUT2D eigenvalue weighted by Gasteiger charge is -2.24. The monoisotopic (exact) mass is 258 g/mol. The normalized spacial score (nSPS) is 12.9. The average molecular weight is 258 g/mol. The van der Waals surface area contributed by atoms with Gasteiger partial charge in [-0.2, -0.15) is 0 Å². The number of likely N-dealkylation sites (N-methyl/N-ethyl adjacent to an activating group) is 1. The number of nitrogens with zero attached hydrogens (tertiary/aromatic N) is 3. The van der Waals surface area contributed by atoms with E-state index in [1.54, 1.807) is 6.33 Å². The quantitative estimate of drug-likeness (QED) is 0.896. The van der Waals surface area contributed by atoms with Crippen LogP contribution < -0.4 is 0 Å². The molecule has 0 aromatic carbocycles. The predicted octanol–water partition coefficient (Wildman–Crippen LogP) is 2.48. The van der Waals surface area contributed by atoms with Crippen molar-refractivity contribution in [1.29, 1.82) is 0 Å². The average Bonchev–Trinajstić information content (AvgIpc) is 2.78. The first-order valence-corrected chi connectivity index (χ1v) is 6.67. The smallest absolute Gasteiger partial charge is 0.0925 e. The summed E-state index contributed by atoms with van der Waals surface area (Å²) >= 11 is 0. The van der Waals surface area contributed by atoms with Crippen LogP contribution in [0, 0.1) is 13.8 Å². The summed E-state index contributed by atoms with van der Waals surface area (Å²) in [5, 5.41) is 0. The number of aromatic amines is 1. The van der Waals surface area contributed by atoms with Crippen molar-refractivity contribution in [2.24, 2.45) is 0 Å². The maximum absolute atomic E-state index is 4.47. The Bertz CT molecular complexity index is 532. The van der Waals surface area contributed by atoms with E-state index in [1.165, 1.54) is 11.3 Å². The summed E-state index contributed by atoms with van der Waals surface area (Å²) in [6.45, 7) is 7.27. The van der Waals surface area contributed by atoms with Gasteiger partial charge < -0.3 is 4.98 Å². The summed E-state index contributed by atoms with van der Waals surface area (Å²) < 4.78 is 0. The third-order valence-electron chi connectivity index (χ3n) is 3.69. The minimum atomic E-state index is 0.435. The zero-order valence-corrected chi connectivity index (χ0v) is 12.1. The lowest BCUT2D eigenvalue weighted by molar-refractivity contribution is 0.243. The Morgan fingerprint density at radius 3 is 2.68 bits per heavy atom. The van der Waals surface area contributed by atoms with Crippen LogP contribution >= 0.6 is 0 Å². The Labute approximate surface area is 114 Å². The van der Waals surface area contributed by atoms with Crippen molar-refractivity contribution >= 4 is 0 Å². The number of hydrogen-bond acceptors (Lipinski definition) is 3. The minimum absolute atomic E-state index is 0.435. The number of aromatic nitrogens is 3. The van der Waals surface area contributed by atoms with E-state index in [0.29, 0.717) is 6.04 Å². The molecule has 102 valence electrons. The first-order valence-electron chi connectivity index (χ1n) is 6.67. The van der Waals surface area contributed by atoms with Gasteiger partial charge in [-0.1, -0.05) is 6.07 Å². The minimum Gasteiger partial charge on any atom is -0.348 e. The van der Waals surface area contributed by atoms with Crippen molar-refractivity contribution in [1.82, 2.24) is 19.9 Å². The molecular weight excluding hydrogens is 236 g/mol. The van der Waals surface area contributed by atoms with E-state index in [0.717, 1.165) is 24.4 Å². The molecule has 0 spiro atoms. The molecule has 2 aromatic heterocycles. The molecular formula is C15H22N4. The van der Waals surface area contributed by atoms with Crippen molar-refractivity contribution in [3.8, 4) is 0 Å². The van der Waals surface area contributed by atoms with E-state index in [-0.39, 0.29) is 0 Å². The molecule has 0 aliphatic rings. The Balaban J connectivity index is 1.98. The van der Waals surface area contributed by atoms with Gasteiger partial charge in [0, 0.05) is 36.6 Å². The van der Waals surface area contributed by atoms with Crippen LogP contribution in [0.25, 0.3) is 0 Å². The second kappa shape index (κ2) is 5.97. The van der Waals surface area contributed by atoms with Gasteiger partial charge in [-0.05, 0) is 39.4 Å². The van der Waals surface area contributed by atoms with Crippen molar-refractivity contribution in [3.63, 3.8) is 0 Å². The number of rotatable bonds is 5. The molecule has 4 heteroatoms. The molecule has 2 rings (SSSR count). The van der Waals surface area contributed by atoms with Gasteiger partial charge in [0.05, 0.1) is 12.0 Å². The molecule has 2 heterocycles. The fourth-order valence-electron chi connectivity index (χ4n) is 2.11. The Hall–Kier alpha value is -1.68. The largest absolute Gasteiger partial charge is 0.348 e. The maximum Gasteiger partial charge on any atom is 0.0925 e. The van der Waals surface area contributed by atoms with Crippen LogP contribution in [0.1, 0.15) is 29.6 Å². The molecule has 0 radical (unpaired) electrons. The van der Waals surface area contributed by atoms with Crippen LogP contribution in [-0.2, 0) is 13.0 Å². The number of hydrogen-bond donors (Lipinski definition) is 1. The van der Waals surface area contributed by atoms with Gasteiger partial charge in [0.1, 0.15) is 0 Å². The van der Waals surface area contributed by atoms with Crippen molar-refractivity contribution in [3.05, 3.63) is 47.3 Å². The molecule has 19 heavy (non-hydrogen) atoms. The Morgan fingerprint density at radius 2 is 2.05 bits per heavy atom.